The largest absolute Gasteiger partial charge is 0.357 e. The molecule has 1 heteroatoms. The fraction of sp³-hybridized carbons (Fsp3) is 0.667. The molecule has 0 aliphatic carbocycles. The van der Waals surface area contributed by atoms with Gasteiger partial charge in [0.15, 0.2) is 0 Å². The number of hydrogen-bond donors (Lipinski definition) is 0. The van der Waals surface area contributed by atoms with E-state index in [1.54, 1.807) is 0 Å². The van der Waals surface area contributed by atoms with E-state index in [1.165, 1.54) is 44.1 Å². The van der Waals surface area contributed by atoms with E-state index in [1.807, 2.05) is 0 Å². The molecule has 0 aliphatic rings. The number of hydrogen-bond acceptors (Lipinski definition) is 0. The van der Waals surface area contributed by atoms with Crippen LogP contribution >= 0.6 is 0 Å². The van der Waals surface area contributed by atoms with E-state index in [0.29, 0.717) is 0 Å². The molecule has 0 unspecified atom stereocenters. The minimum absolute atomic E-state index is 1.25. The molecule has 13 heavy (non-hydrogen) atoms. The van der Waals surface area contributed by atoms with Crippen LogP contribution in [0.3, 0.4) is 0 Å². The topological polar surface area (TPSA) is 4.93 Å². The molecule has 74 valence electrons. The lowest BCUT2D eigenvalue weighted by Gasteiger charge is -1.98. The molecular formula is C12H21N. The Bertz CT molecular complexity index is 225. The number of rotatable bonds is 6. The predicted octanol–water partition coefficient (Wildman–Crippen LogP) is 3.54. The summed E-state index contributed by atoms with van der Waals surface area (Å²) in [6.45, 7) is 2.26. The van der Waals surface area contributed by atoms with Gasteiger partial charge in [0.2, 0.25) is 0 Å². The zero-order valence-corrected chi connectivity index (χ0v) is 8.92. The molecule has 0 radical (unpaired) electrons. The van der Waals surface area contributed by atoms with Gasteiger partial charge in [0.1, 0.15) is 0 Å². The fourth-order valence-corrected chi connectivity index (χ4v) is 1.64. The molecule has 0 aliphatic heterocycles. The minimum Gasteiger partial charge on any atom is -0.357 e. The Hall–Kier alpha value is -0.720. The molecule has 0 fully saturated rings. The van der Waals surface area contributed by atoms with Crippen LogP contribution in [0.1, 0.15) is 44.6 Å². The molecule has 0 atom stereocenters. The number of aromatic nitrogens is 1. The zero-order chi connectivity index (χ0) is 9.52. The standard InChI is InChI=1S/C12H21N/c1-3-4-5-6-7-8-12-9-10-13(2)11-12/h9-11H,3-8H2,1-2H3. The van der Waals surface area contributed by atoms with Crippen molar-refractivity contribution in [1.82, 2.24) is 4.57 Å². The maximum absolute atomic E-state index is 2.26. The molecule has 1 heterocycles. The Morgan fingerprint density at radius 2 is 1.92 bits per heavy atom. The van der Waals surface area contributed by atoms with Crippen molar-refractivity contribution in [3.63, 3.8) is 0 Å². The Morgan fingerprint density at radius 1 is 1.15 bits per heavy atom. The summed E-state index contributed by atoms with van der Waals surface area (Å²) in [6.07, 6.45) is 12.5. The van der Waals surface area contributed by atoms with Gasteiger partial charge >= 0.3 is 0 Å². The second-order valence-electron chi connectivity index (χ2n) is 3.85. The normalized spacial score (nSPS) is 10.6. The van der Waals surface area contributed by atoms with E-state index in [9.17, 15) is 0 Å². The van der Waals surface area contributed by atoms with E-state index in [4.69, 9.17) is 0 Å². The summed E-state index contributed by atoms with van der Waals surface area (Å²) >= 11 is 0. The van der Waals surface area contributed by atoms with Crippen LogP contribution in [0.5, 0.6) is 0 Å². The first-order valence-corrected chi connectivity index (χ1v) is 5.43. The van der Waals surface area contributed by atoms with E-state index >= 15 is 0 Å². The maximum atomic E-state index is 2.26. The average Bonchev–Trinajstić information content (AvgIpc) is 2.51. The van der Waals surface area contributed by atoms with Crippen molar-refractivity contribution < 1.29 is 0 Å². The SMILES string of the molecule is CCCCCCCc1ccn(C)c1. The van der Waals surface area contributed by atoms with Gasteiger partial charge in [-0.25, -0.2) is 0 Å². The zero-order valence-electron chi connectivity index (χ0n) is 8.92. The predicted molar refractivity (Wildman–Crippen MR) is 57.9 cm³/mol. The van der Waals surface area contributed by atoms with Gasteiger partial charge in [0, 0.05) is 19.4 Å². The number of unbranched alkanes of at least 4 members (excludes halogenated alkanes) is 4. The summed E-state index contributed by atoms with van der Waals surface area (Å²) in [6, 6.07) is 2.22. The Balaban J connectivity index is 2.06. The maximum Gasteiger partial charge on any atom is 0.0106 e. The lowest BCUT2D eigenvalue weighted by atomic mass is 10.1. The van der Waals surface area contributed by atoms with Crippen LogP contribution in [0.15, 0.2) is 18.5 Å². The van der Waals surface area contributed by atoms with Crippen LogP contribution in [-0.2, 0) is 13.5 Å². The van der Waals surface area contributed by atoms with Crippen LogP contribution in [0.2, 0.25) is 0 Å². The highest BCUT2D eigenvalue weighted by Gasteiger charge is 1.94. The highest BCUT2D eigenvalue weighted by molar-refractivity contribution is 5.09. The molecule has 0 amide bonds. The molecule has 0 aromatic carbocycles. The van der Waals surface area contributed by atoms with Crippen molar-refractivity contribution in [1.29, 1.82) is 0 Å². The Morgan fingerprint density at radius 3 is 2.54 bits per heavy atom. The van der Waals surface area contributed by atoms with Gasteiger partial charge in [-0.3, -0.25) is 0 Å². The van der Waals surface area contributed by atoms with E-state index < -0.39 is 0 Å². The van der Waals surface area contributed by atoms with E-state index in [2.05, 4.69) is 37.0 Å². The van der Waals surface area contributed by atoms with Crippen LogP contribution in [0.4, 0.5) is 0 Å². The first-order valence-electron chi connectivity index (χ1n) is 5.43. The molecule has 1 nitrogen and oxygen atoms in total. The lowest BCUT2D eigenvalue weighted by Crippen LogP contribution is -1.84. The molecule has 0 saturated carbocycles. The summed E-state index contributed by atoms with van der Waals surface area (Å²) in [5.74, 6) is 0. The molecule has 1 rings (SSSR count). The van der Waals surface area contributed by atoms with Crippen molar-refractivity contribution in [3.05, 3.63) is 24.0 Å². The molecular weight excluding hydrogens is 158 g/mol. The summed E-state index contributed by atoms with van der Waals surface area (Å²) in [5.41, 5.74) is 1.49. The van der Waals surface area contributed by atoms with Gasteiger partial charge < -0.3 is 4.57 Å². The van der Waals surface area contributed by atoms with Crippen molar-refractivity contribution in [2.24, 2.45) is 7.05 Å². The number of aryl methyl sites for hydroxylation is 2. The van der Waals surface area contributed by atoms with Gasteiger partial charge in [0.05, 0.1) is 0 Å². The second kappa shape index (κ2) is 5.85. The highest BCUT2D eigenvalue weighted by Crippen LogP contribution is 2.08. The molecule has 0 N–H and O–H groups in total. The smallest absolute Gasteiger partial charge is 0.0106 e. The molecule has 1 aromatic rings. The van der Waals surface area contributed by atoms with Gasteiger partial charge in [-0.15, -0.1) is 0 Å². The second-order valence-corrected chi connectivity index (χ2v) is 3.85. The third-order valence-electron chi connectivity index (χ3n) is 2.46. The van der Waals surface area contributed by atoms with Crippen LogP contribution in [-0.4, -0.2) is 4.57 Å². The lowest BCUT2D eigenvalue weighted by molar-refractivity contribution is 0.632. The van der Waals surface area contributed by atoms with Gasteiger partial charge in [0.25, 0.3) is 0 Å². The van der Waals surface area contributed by atoms with Crippen LogP contribution in [0, 0.1) is 0 Å². The quantitative estimate of drug-likeness (QED) is 0.589. The van der Waals surface area contributed by atoms with Gasteiger partial charge in [-0.2, -0.15) is 0 Å². The Kier molecular flexibility index (Phi) is 4.66. The van der Waals surface area contributed by atoms with Crippen molar-refractivity contribution in [2.45, 2.75) is 45.4 Å². The average molecular weight is 179 g/mol. The molecule has 0 spiro atoms. The van der Waals surface area contributed by atoms with E-state index in [-0.39, 0.29) is 0 Å². The first-order chi connectivity index (χ1) is 6.33. The van der Waals surface area contributed by atoms with Crippen molar-refractivity contribution in [3.8, 4) is 0 Å². The third kappa shape index (κ3) is 4.16. The van der Waals surface area contributed by atoms with Crippen molar-refractivity contribution >= 4 is 0 Å². The Labute approximate surface area is 81.8 Å². The summed E-state index contributed by atoms with van der Waals surface area (Å²) in [7, 11) is 2.08. The minimum atomic E-state index is 1.25. The third-order valence-corrected chi connectivity index (χ3v) is 2.46. The number of nitrogens with zero attached hydrogens (tertiary/aromatic N) is 1. The molecule has 0 saturated heterocycles. The van der Waals surface area contributed by atoms with Crippen LogP contribution in [0.25, 0.3) is 0 Å². The monoisotopic (exact) mass is 179 g/mol. The summed E-state index contributed by atoms with van der Waals surface area (Å²) in [4.78, 5) is 0. The molecule has 1 aromatic heterocycles. The van der Waals surface area contributed by atoms with Crippen molar-refractivity contribution in [2.75, 3.05) is 0 Å². The summed E-state index contributed by atoms with van der Waals surface area (Å²) in [5, 5.41) is 0. The van der Waals surface area contributed by atoms with Gasteiger partial charge in [-0.05, 0) is 24.5 Å². The first kappa shape index (κ1) is 10.4. The molecule has 0 bridgehead atoms. The fourth-order valence-electron chi connectivity index (χ4n) is 1.64. The van der Waals surface area contributed by atoms with Crippen LogP contribution < -0.4 is 0 Å². The van der Waals surface area contributed by atoms with E-state index in [0.717, 1.165) is 0 Å². The van der Waals surface area contributed by atoms with Gasteiger partial charge in [-0.1, -0.05) is 32.6 Å². The summed E-state index contributed by atoms with van der Waals surface area (Å²) < 4.78 is 2.13. The highest BCUT2D eigenvalue weighted by atomic mass is 14.9.